The number of halogens is 1. The molecule has 2 aromatic rings. The molecule has 0 aliphatic rings. The van der Waals surface area contributed by atoms with Crippen LogP contribution < -0.4 is 0 Å². The van der Waals surface area contributed by atoms with Crippen molar-refractivity contribution in [1.82, 2.24) is 0 Å². The van der Waals surface area contributed by atoms with Crippen LogP contribution in [0.4, 0.5) is 10.1 Å². The first kappa shape index (κ1) is 11.0. The molecule has 86 valence electrons. The van der Waals surface area contributed by atoms with Crippen molar-refractivity contribution < 1.29 is 18.5 Å². The average Bonchev–Trinajstić information content (AvgIpc) is 2.76. The summed E-state index contributed by atoms with van der Waals surface area (Å²) in [7, 11) is 0. The summed E-state index contributed by atoms with van der Waals surface area (Å²) in [5.74, 6) is -0.839. The predicted octanol–water partition coefficient (Wildman–Crippen LogP) is 2.81. The van der Waals surface area contributed by atoms with Crippen LogP contribution >= 0.6 is 0 Å². The number of para-hydroxylation sites is 1. The van der Waals surface area contributed by atoms with Crippen LogP contribution in [0.5, 0.6) is 0 Å². The number of rotatable bonds is 3. The summed E-state index contributed by atoms with van der Waals surface area (Å²) in [4.78, 5) is 20.4. The van der Waals surface area contributed by atoms with Gasteiger partial charge in [-0.1, -0.05) is 6.07 Å². The van der Waals surface area contributed by atoms with Gasteiger partial charge in [0.05, 0.1) is 10.5 Å². The Kier molecular flexibility index (Phi) is 2.70. The predicted molar refractivity (Wildman–Crippen MR) is 56.1 cm³/mol. The Hall–Kier alpha value is -2.50. The van der Waals surface area contributed by atoms with E-state index in [9.17, 15) is 19.3 Å². The first-order valence-electron chi connectivity index (χ1n) is 4.62. The summed E-state index contributed by atoms with van der Waals surface area (Å²) in [6, 6.07) is 6.42. The largest absolute Gasteiger partial charge is 0.453 e. The Balaban J connectivity index is 2.62. The minimum atomic E-state index is -0.948. The SMILES string of the molecule is O=Cc1ccc(-c2cccc(F)c2[N+](=O)[O-])o1. The topological polar surface area (TPSA) is 73.3 Å². The molecule has 0 bridgehead atoms. The summed E-state index contributed by atoms with van der Waals surface area (Å²) in [6.07, 6.45) is 0.467. The van der Waals surface area contributed by atoms with Crippen molar-refractivity contribution in [2.24, 2.45) is 0 Å². The van der Waals surface area contributed by atoms with E-state index >= 15 is 0 Å². The van der Waals surface area contributed by atoms with Crippen LogP contribution in [0.2, 0.25) is 0 Å². The zero-order valence-electron chi connectivity index (χ0n) is 8.42. The maximum atomic E-state index is 13.3. The monoisotopic (exact) mass is 235 g/mol. The number of hydrogen-bond acceptors (Lipinski definition) is 4. The van der Waals surface area contributed by atoms with Gasteiger partial charge in [-0.15, -0.1) is 0 Å². The van der Waals surface area contributed by atoms with Crippen molar-refractivity contribution in [3.05, 3.63) is 52.0 Å². The molecule has 0 fully saturated rings. The molecule has 0 saturated heterocycles. The Morgan fingerprint density at radius 1 is 1.29 bits per heavy atom. The first-order chi connectivity index (χ1) is 8.13. The third-order valence-corrected chi connectivity index (χ3v) is 2.18. The highest BCUT2D eigenvalue weighted by atomic mass is 19.1. The van der Waals surface area contributed by atoms with Gasteiger partial charge in [0, 0.05) is 0 Å². The zero-order chi connectivity index (χ0) is 12.4. The zero-order valence-corrected chi connectivity index (χ0v) is 8.42. The molecule has 0 saturated carbocycles. The van der Waals surface area contributed by atoms with Crippen molar-refractivity contribution in [2.75, 3.05) is 0 Å². The van der Waals surface area contributed by atoms with E-state index in [1.807, 2.05) is 0 Å². The van der Waals surface area contributed by atoms with E-state index in [0.717, 1.165) is 6.07 Å². The van der Waals surface area contributed by atoms with Gasteiger partial charge in [0.15, 0.2) is 12.0 Å². The summed E-state index contributed by atoms with van der Waals surface area (Å²) >= 11 is 0. The molecule has 17 heavy (non-hydrogen) atoms. The second-order valence-electron chi connectivity index (χ2n) is 3.21. The lowest BCUT2D eigenvalue weighted by Crippen LogP contribution is -1.95. The Morgan fingerprint density at radius 3 is 2.65 bits per heavy atom. The van der Waals surface area contributed by atoms with Crippen LogP contribution in [0.15, 0.2) is 34.7 Å². The lowest BCUT2D eigenvalue weighted by atomic mass is 10.1. The summed E-state index contributed by atoms with van der Waals surface area (Å²) < 4.78 is 18.3. The number of nitro groups is 1. The van der Waals surface area contributed by atoms with Gasteiger partial charge in [0.25, 0.3) is 0 Å². The number of nitrogens with zero attached hydrogens (tertiary/aromatic N) is 1. The fourth-order valence-electron chi connectivity index (χ4n) is 1.46. The van der Waals surface area contributed by atoms with Gasteiger partial charge in [-0.25, -0.2) is 0 Å². The quantitative estimate of drug-likeness (QED) is 0.465. The molecular weight excluding hydrogens is 229 g/mol. The highest BCUT2D eigenvalue weighted by Crippen LogP contribution is 2.32. The van der Waals surface area contributed by atoms with Crippen molar-refractivity contribution >= 4 is 12.0 Å². The maximum absolute atomic E-state index is 13.3. The third kappa shape index (κ3) is 1.92. The van der Waals surface area contributed by atoms with Crippen molar-refractivity contribution in [3.63, 3.8) is 0 Å². The molecule has 1 aromatic heterocycles. The molecule has 0 amide bonds. The molecule has 0 aliphatic heterocycles. The van der Waals surface area contributed by atoms with Gasteiger partial charge < -0.3 is 4.42 Å². The molecular formula is C11H6FNO4. The second kappa shape index (κ2) is 4.17. The van der Waals surface area contributed by atoms with E-state index in [-0.39, 0.29) is 17.1 Å². The minimum absolute atomic E-state index is 0.00287. The van der Waals surface area contributed by atoms with Gasteiger partial charge in [-0.2, -0.15) is 4.39 Å². The number of hydrogen-bond donors (Lipinski definition) is 0. The van der Waals surface area contributed by atoms with Crippen LogP contribution in [0.25, 0.3) is 11.3 Å². The molecule has 1 aromatic carbocycles. The fourth-order valence-corrected chi connectivity index (χ4v) is 1.46. The highest BCUT2D eigenvalue weighted by molar-refractivity contribution is 5.75. The number of aldehydes is 1. The van der Waals surface area contributed by atoms with Crippen LogP contribution in [-0.2, 0) is 0 Å². The molecule has 0 aliphatic carbocycles. The summed E-state index contributed by atoms with van der Waals surface area (Å²) in [5, 5.41) is 10.7. The normalized spacial score (nSPS) is 10.2. The lowest BCUT2D eigenvalue weighted by molar-refractivity contribution is -0.386. The van der Waals surface area contributed by atoms with Crippen LogP contribution in [0.3, 0.4) is 0 Å². The highest BCUT2D eigenvalue weighted by Gasteiger charge is 2.22. The third-order valence-electron chi connectivity index (χ3n) is 2.18. The molecule has 0 atom stereocenters. The van der Waals surface area contributed by atoms with E-state index in [2.05, 4.69) is 0 Å². The molecule has 0 unspecified atom stereocenters. The average molecular weight is 235 g/mol. The Morgan fingerprint density at radius 2 is 2.06 bits per heavy atom. The summed E-state index contributed by atoms with van der Waals surface area (Å²) in [6.45, 7) is 0. The molecule has 0 spiro atoms. The van der Waals surface area contributed by atoms with E-state index in [0.29, 0.717) is 6.29 Å². The maximum Gasteiger partial charge on any atom is 0.315 e. The van der Waals surface area contributed by atoms with Crippen LogP contribution in [0, 0.1) is 15.9 Å². The smallest absolute Gasteiger partial charge is 0.315 e. The molecule has 1 heterocycles. The minimum Gasteiger partial charge on any atom is -0.453 e. The molecule has 6 heteroatoms. The lowest BCUT2D eigenvalue weighted by Gasteiger charge is -2.00. The Bertz CT molecular complexity index is 591. The van der Waals surface area contributed by atoms with Gasteiger partial charge in [0.2, 0.25) is 5.82 Å². The molecule has 0 radical (unpaired) electrons. The summed E-state index contributed by atoms with van der Waals surface area (Å²) in [5.41, 5.74) is -0.664. The van der Waals surface area contributed by atoms with Gasteiger partial charge >= 0.3 is 5.69 Å². The number of furan rings is 1. The van der Waals surface area contributed by atoms with Gasteiger partial charge in [0.1, 0.15) is 5.76 Å². The van der Waals surface area contributed by atoms with Crippen LogP contribution in [-0.4, -0.2) is 11.2 Å². The number of carbonyl (C=O) groups excluding carboxylic acids is 1. The van der Waals surface area contributed by atoms with E-state index < -0.39 is 16.4 Å². The van der Waals surface area contributed by atoms with E-state index in [4.69, 9.17) is 4.42 Å². The van der Waals surface area contributed by atoms with Crippen molar-refractivity contribution in [2.45, 2.75) is 0 Å². The standard InChI is InChI=1S/C11H6FNO4/c12-9-3-1-2-8(11(9)13(15)16)10-5-4-7(6-14)17-10/h1-6H. The van der Waals surface area contributed by atoms with Crippen LogP contribution in [0.1, 0.15) is 10.6 Å². The molecule has 2 rings (SSSR count). The number of carbonyl (C=O) groups is 1. The first-order valence-corrected chi connectivity index (χ1v) is 4.62. The molecule has 0 N–H and O–H groups in total. The fraction of sp³-hybridized carbons (Fsp3) is 0. The van der Waals surface area contributed by atoms with Crippen molar-refractivity contribution in [3.8, 4) is 11.3 Å². The second-order valence-corrected chi connectivity index (χ2v) is 3.21. The Labute approximate surface area is 94.6 Å². The number of benzene rings is 1. The van der Waals surface area contributed by atoms with E-state index in [1.54, 1.807) is 0 Å². The molecule has 5 nitrogen and oxygen atoms in total. The van der Waals surface area contributed by atoms with Crippen molar-refractivity contribution in [1.29, 1.82) is 0 Å². The van der Waals surface area contributed by atoms with Gasteiger partial charge in [-0.05, 0) is 24.3 Å². The number of nitro benzene ring substituents is 1. The van der Waals surface area contributed by atoms with Gasteiger partial charge in [-0.3, -0.25) is 14.9 Å². The van der Waals surface area contributed by atoms with E-state index in [1.165, 1.54) is 24.3 Å².